The lowest BCUT2D eigenvalue weighted by molar-refractivity contribution is 0.406. The summed E-state index contributed by atoms with van der Waals surface area (Å²) in [6.45, 7) is 4.09. The van der Waals surface area contributed by atoms with Crippen LogP contribution in [0, 0.1) is 23.2 Å². The molecule has 0 saturated heterocycles. The second-order valence-corrected chi connectivity index (χ2v) is 5.52. The molecule has 0 bridgehead atoms. The van der Waals surface area contributed by atoms with Gasteiger partial charge in [-0.15, -0.1) is 11.3 Å². The van der Waals surface area contributed by atoms with E-state index in [0.29, 0.717) is 0 Å². The summed E-state index contributed by atoms with van der Waals surface area (Å²) in [5, 5.41) is 12.5. The monoisotopic (exact) mass is 244 g/mol. The molecule has 0 spiro atoms. The molecule has 0 aliphatic rings. The zero-order valence-corrected chi connectivity index (χ0v) is 10.9. The minimum atomic E-state index is -0.198. The molecule has 88 valence electrons. The summed E-state index contributed by atoms with van der Waals surface area (Å²) in [4.78, 5) is 0. The van der Waals surface area contributed by atoms with Gasteiger partial charge >= 0.3 is 0 Å². The highest BCUT2D eigenvalue weighted by atomic mass is 32.1. The van der Waals surface area contributed by atoms with Crippen molar-refractivity contribution in [2.45, 2.75) is 19.9 Å². The molecule has 2 N–H and O–H groups in total. The summed E-state index contributed by atoms with van der Waals surface area (Å²) in [6, 6.07) is 10.3. The molecule has 2 atom stereocenters. The number of nitrogens with two attached hydrogens (primary N) is 1. The van der Waals surface area contributed by atoms with Crippen LogP contribution in [0.4, 0.5) is 0 Å². The highest BCUT2D eigenvalue weighted by Crippen LogP contribution is 2.34. The maximum Gasteiger partial charge on any atom is 0.0679 e. The first-order chi connectivity index (χ1) is 8.15. The van der Waals surface area contributed by atoms with Gasteiger partial charge in [0.1, 0.15) is 0 Å². The van der Waals surface area contributed by atoms with E-state index >= 15 is 0 Å². The number of benzene rings is 1. The fourth-order valence-electron chi connectivity index (χ4n) is 2.09. The maximum atomic E-state index is 9.21. The molecule has 2 unspecified atom stereocenters. The Balaban J connectivity index is 2.43. The van der Waals surface area contributed by atoms with Gasteiger partial charge in [-0.1, -0.05) is 32.0 Å². The first-order valence-electron chi connectivity index (χ1n) is 5.76. The summed E-state index contributed by atoms with van der Waals surface area (Å²) in [5.74, 6) is 0.140. The Morgan fingerprint density at radius 2 is 2.00 bits per heavy atom. The second-order valence-electron chi connectivity index (χ2n) is 4.61. The normalized spacial score (nSPS) is 14.8. The van der Waals surface area contributed by atoms with Crippen molar-refractivity contribution in [2.24, 2.45) is 17.6 Å². The van der Waals surface area contributed by atoms with Gasteiger partial charge in [0.2, 0.25) is 0 Å². The molecule has 1 aromatic carbocycles. The predicted octanol–water partition coefficient (Wildman–Crippen LogP) is 3.70. The molecule has 3 heteroatoms. The van der Waals surface area contributed by atoms with Crippen LogP contribution in [0.15, 0.2) is 29.6 Å². The Hall–Kier alpha value is -1.37. The lowest BCUT2D eigenvalue weighted by Crippen LogP contribution is -2.24. The van der Waals surface area contributed by atoms with Crippen LogP contribution < -0.4 is 5.73 Å². The number of hydrogen-bond acceptors (Lipinski definition) is 3. The Morgan fingerprint density at radius 1 is 1.29 bits per heavy atom. The van der Waals surface area contributed by atoms with E-state index in [-0.39, 0.29) is 17.9 Å². The van der Waals surface area contributed by atoms with Gasteiger partial charge in [-0.05, 0) is 28.3 Å². The van der Waals surface area contributed by atoms with Crippen LogP contribution in [0.2, 0.25) is 0 Å². The third-order valence-electron chi connectivity index (χ3n) is 3.12. The van der Waals surface area contributed by atoms with E-state index in [2.05, 4.69) is 23.6 Å². The quantitative estimate of drug-likeness (QED) is 0.895. The first-order valence-corrected chi connectivity index (χ1v) is 6.64. The number of hydrogen-bond donors (Lipinski definition) is 1. The Morgan fingerprint density at radius 3 is 2.65 bits per heavy atom. The van der Waals surface area contributed by atoms with Crippen molar-refractivity contribution in [2.75, 3.05) is 0 Å². The molecule has 0 amide bonds. The molecule has 0 saturated carbocycles. The summed E-state index contributed by atoms with van der Waals surface area (Å²) in [7, 11) is 0. The summed E-state index contributed by atoms with van der Waals surface area (Å²) >= 11 is 1.69. The van der Waals surface area contributed by atoms with Gasteiger partial charge in [0.05, 0.1) is 12.0 Å². The summed E-state index contributed by atoms with van der Waals surface area (Å²) < 4.78 is 1.23. The van der Waals surface area contributed by atoms with E-state index in [1.54, 1.807) is 11.3 Å². The second kappa shape index (κ2) is 4.87. The van der Waals surface area contributed by atoms with Gasteiger partial charge in [0.25, 0.3) is 0 Å². The standard InChI is InChI=1S/C14H16N2S/c1-9(2)11(7-15)14(16)12-8-17-13-6-4-3-5-10(12)13/h3-6,8-9,11,14H,16H2,1-2H3. The van der Waals surface area contributed by atoms with Crippen molar-refractivity contribution >= 4 is 21.4 Å². The zero-order valence-electron chi connectivity index (χ0n) is 10.1. The van der Waals surface area contributed by atoms with Crippen LogP contribution in [0.1, 0.15) is 25.5 Å². The molecule has 0 aliphatic heterocycles. The molecular weight excluding hydrogens is 228 g/mol. The number of nitriles is 1. The lowest BCUT2D eigenvalue weighted by Gasteiger charge is -2.20. The third-order valence-corrected chi connectivity index (χ3v) is 4.11. The molecule has 0 fully saturated rings. The molecular formula is C14H16N2S. The van der Waals surface area contributed by atoms with Gasteiger partial charge in [0.15, 0.2) is 0 Å². The average Bonchev–Trinajstić information content (AvgIpc) is 2.72. The molecule has 0 radical (unpaired) electrons. The summed E-state index contributed by atoms with van der Waals surface area (Å²) in [6.07, 6.45) is 0. The SMILES string of the molecule is CC(C)C(C#N)C(N)c1csc2ccccc12. The molecule has 2 rings (SSSR count). The number of rotatable bonds is 3. The van der Waals surface area contributed by atoms with Crippen LogP contribution >= 0.6 is 11.3 Å². The minimum Gasteiger partial charge on any atom is -0.323 e. The Labute approximate surface area is 106 Å². The maximum absolute atomic E-state index is 9.21. The van der Waals surface area contributed by atoms with E-state index < -0.39 is 0 Å². The van der Waals surface area contributed by atoms with Crippen molar-refractivity contribution in [1.82, 2.24) is 0 Å². The Bertz CT molecular complexity index is 551. The van der Waals surface area contributed by atoms with Crippen LogP contribution in [0.5, 0.6) is 0 Å². The minimum absolute atomic E-state index is 0.131. The Kier molecular flexibility index (Phi) is 3.46. The van der Waals surface area contributed by atoms with Gasteiger partial charge in [-0.2, -0.15) is 5.26 Å². The first kappa shape index (κ1) is 12.1. The van der Waals surface area contributed by atoms with Crippen LogP contribution in [-0.4, -0.2) is 0 Å². The van der Waals surface area contributed by atoms with Crippen LogP contribution in [0.3, 0.4) is 0 Å². The van der Waals surface area contributed by atoms with Crippen LogP contribution in [0.25, 0.3) is 10.1 Å². The van der Waals surface area contributed by atoms with E-state index in [1.807, 2.05) is 26.0 Å². The highest BCUT2D eigenvalue weighted by molar-refractivity contribution is 7.17. The van der Waals surface area contributed by atoms with E-state index in [9.17, 15) is 5.26 Å². The fourth-order valence-corrected chi connectivity index (χ4v) is 3.10. The van der Waals surface area contributed by atoms with Gasteiger partial charge < -0.3 is 5.73 Å². The average molecular weight is 244 g/mol. The zero-order chi connectivity index (χ0) is 12.4. The number of fused-ring (bicyclic) bond motifs is 1. The van der Waals surface area contributed by atoms with E-state index in [4.69, 9.17) is 5.73 Å². The topological polar surface area (TPSA) is 49.8 Å². The van der Waals surface area contributed by atoms with Crippen molar-refractivity contribution < 1.29 is 0 Å². The van der Waals surface area contributed by atoms with Gasteiger partial charge in [-0.25, -0.2) is 0 Å². The molecule has 0 aliphatic carbocycles. The molecule has 17 heavy (non-hydrogen) atoms. The van der Waals surface area contributed by atoms with Crippen molar-refractivity contribution in [3.05, 3.63) is 35.2 Å². The van der Waals surface area contributed by atoms with Gasteiger partial charge in [-0.3, -0.25) is 0 Å². The molecule has 1 aromatic heterocycles. The number of nitrogens with zero attached hydrogens (tertiary/aromatic N) is 1. The van der Waals surface area contributed by atoms with Crippen molar-refractivity contribution in [3.8, 4) is 6.07 Å². The molecule has 1 heterocycles. The van der Waals surface area contributed by atoms with E-state index in [1.165, 1.54) is 10.1 Å². The van der Waals surface area contributed by atoms with Crippen molar-refractivity contribution in [1.29, 1.82) is 5.26 Å². The summed E-state index contributed by atoms with van der Waals surface area (Å²) in [5.41, 5.74) is 7.35. The lowest BCUT2D eigenvalue weighted by atomic mass is 9.86. The third kappa shape index (κ3) is 2.19. The molecule has 2 aromatic rings. The largest absolute Gasteiger partial charge is 0.323 e. The fraction of sp³-hybridized carbons (Fsp3) is 0.357. The van der Waals surface area contributed by atoms with E-state index in [0.717, 1.165) is 5.56 Å². The highest BCUT2D eigenvalue weighted by Gasteiger charge is 2.24. The predicted molar refractivity (Wildman–Crippen MR) is 72.7 cm³/mol. The van der Waals surface area contributed by atoms with Crippen molar-refractivity contribution in [3.63, 3.8) is 0 Å². The van der Waals surface area contributed by atoms with Gasteiger partial charge in [0, 0.05) is 10.7 Å². The smallest absolute Gasteiger partial charge is 0.0679 e. The van der Waals surface area contributed by atoms with Crippen LogP contribution in [-0.2, 0) is 0 Å². The number of thiophene rings is 1. The molecule has 2 nitrogen and oxygen atoms in total.